The number of rotatable bonds is 9. The summed E-state index contributed by atoms with van der Waals surface area (Å²) in [6.45, 7) is 6.65. The number of esters is 1. The van der Waals surface area contributed by atoms with Gasteiger partial charge < -0.3 is 4.74 Å². The first-order valence-electron chi connectivity index (χ1n) is 5.22. The van der Waals surface area contributed by atoms with Gasteiger partial charge in [0.25, 0.3) is 3.94 Å². The molecule has 0 radical (unpaired) electrons. The van der Waals surface area contributed by atoms with Gasteiger partial charge in [-0.25, -0.2) is 5.32 Å². The molecule has 0 saturated heterocycles. The Morgan fingerprint density at radius 3 is 2.31 bits per heavy atom. The normalized spacial score (nSPS) is 11.7. The van der Waals surface area contributed by atoms with E-state index in [1.807, 2.05) is 6.92 Å². The Bertz CT molecular complexity index is 223. The van der Waals surface area contributed by atoms with Gasteiger partial charge in [-0.2, -0.15) is 0 Å². The van der Waals surface area contributed by atoms with Crippen molar-refractivity contribution in [2.45, 2.75) is 24.7 Å². The third-order valence-corrected chi connectivity index (χ3v) is 7.60. The third kappa shape index (κ3) is 6.40. The van der Waals surface area contributed by atoms with Crippen molar-refractivity contribution < 1.29 is 9.53 Å². The minimum Gasteiger partial charge on any atom is -0.465 e. The smallest absolute Gasteiger partial charge is 0.320 e. The average Bonchev–Trinajstić information content (AvgIpc) is 2.27. The van der Waals surface area contributed by atoms with Gasteiger partial charge in [0.15, 0.2) is 11.8 Å². The summed E-state index contributed by atoms with van der Waals surface area (Å²) in [7, 11) is 0.325. The van der Waals surface area contributed by atoms with Crippen molar-refractivity contribution in [1.82, 2.24) is 5.32 Å². The lowest BCUT2D eigenvalue weighted by molar-refractivity contribution is -0.141. The van der Waals surface area contributed by atoms with E-state index in [4.69, 9.17) is 16.5 Å². The molecule has 94 valence electrons. The van der Waals surface area contributed by atoms with Crippen LogP contribution in [0.2, 0.25) is 0 Å². The summed E-state index contributed by atoms with van der Waals surface area (Å²) in [5.74, 6) is 1.74. The molecule has 1 unspecified atom stereocenters. The minimum absolute atomic E-state index is 0.203. The summed E-state index contributed by atoms with van der Waals surface area (Å²) in [6.07, 6.45) is 0. The van der Waals surface area contributed by atoms with Crippen LogP contribution in [0.15, 0.2) is 0 Å². The Labute approximate surface area is 113 Å². The molecule has 0 aromatic rings. The largest absolute Gasteiger partial charge is 0.465 e. The Kier molecular flexibility index (Phi) is 10.0. The topological polar surface area (TPSA) is 38.3 Å². The lowest BCUT2D eigenvalue weighted by atomic mass is 10.6. The first-order chi connectivity index (χ1) is 7.64. The first-order valence-corrected chi connectivity index (χ1v) is 9.32. The first kappa shape index (κ1) is 16.6. The fourth-order valence-electron chi connectivity index (χ4n) is 1.05. The van der Waals surface area contributed by atoms with Gasteiger partial charge in [-0.15, -0.1) is 0 Å². The van der Waals surface area contributed by atoms with Crippen LogP contribution in [0.5, 0.6) is 0 Å². The van der Waals surface area contributed by atoms with Gasteiger partial charge in [0, 0.05) is 0 Å². The SMILES string of the molecule is CCOC(=O)CNC([PH+]=S)(SCC)SCC. The van der Waals surface area contributed by atoms with Crippen LogP contribution in [-0.4, -0.2) is 34.6 Å². The molecule has 0 aromatic carbocycles. The Morgan fingerprint density at radius 1 is 1.38 bits per heavy atom. The molecule has 1 N–H and O–H groups in total. The second kappa shape index (κ2) is 9.66. The highest BCUT2D eigenvalue weighted by molar-refractivity contribution is 8.27. The summed E-state index contributed by atoms with van der Waals surface area (Å²) >= 11 is 8.73. The van der Waals surface area contributed by atoms with Crippen molar-refractivity contribution in [2.24, 2.45) is 0 Å². The Morgan fingerprint density at radius 2 is 1.94 bits per heavy atom. The highest BCUT2D eigenvalue weighted by atomic mass is 32.4. The third-order valence-electron chi connectivity index (χ3n) is 1.60. The summed E-state index contributed by atoms with van der Waals surface area (Å²) in [5, 5.41) is 3.23. The van der Waals surface area contributed by atoms with Crippen molar-refractivity contribution in [1.29, 1.82) is 0 Å². The van der Waals surface area contributed by atoms with Crippen molar-refractivity contribution in [3.8, 4) is 0 Å². The van der Waals surface area contributed by atoms with E-state index in [0.29, 0.717) is 14.0 Å². The second-order valence-electron chi connectivity index (χ2n) is 2.74. The van der Waals surface area contributed by atoms with E-state index >= 15 is 0 Å². The van der Waals surface area contributed by atoms with Crippen LogP contribution in [0.3, 0.4) is 0 Å². The maximum Gasteiger partial charge on any atom is 0.320 e. The molecule has 0 rings (SSSR count). The number of thioether (sulfide) groups is 2. The Balaban J connectivity index is 4.29. The zero-order valence-corrected chi connectivity index (χ0v) is 13.3. The number of nitrogens with one attached hydrogen (secondary N) is 1. The maximum atomic E-state index is 11.3. The molecule has 1 atom stereocenters. The van der Waals surface area contributed by atoms with E-state index in [9.17, 15) is 4.79 Å². The molecule has 0 saturated carbocycles. The molecule has 0 aliphatic rings. The highest BCUT2D eigenvalue weighted by Crippen LogP contribution is 2.43. The van der Waals surface area contributed by atoms with Gasteiger partial charge in [-0.1, -0.05) is 37.4 Å². The average molecular weight is 300 g/mol. The molecule has 0 bridgehead atoms. The van der Waals surface area contributed by atoms with Gasteiger partial charge in [-0.3, -0.25) is 4.79 Å². The van der Waals surface area contributed by atoms with Crippen LogP contribution in [0, 0.1) is 0 Å². The molecular weight excluding hydrogens is 281 g/mol. The molecule has 0 spiro atoms. The lowest BCUT2D eigenvalue weighted by Crippen LogP contribution is -2.38. The molecule has 0 heterocycles. The number of ether oxygens (including phenoxy) is 1. The minimum atomic E-state index is -0.214. The molecule has 0 aliphatic heterocycles. The zero-order chi connectivity index (χ0) is 12.4. The quantitative estimate of drug-likeness (QED) is 0.400. The summed E-state index contributed by atoms with van der Waals surface area (Å²) in [4.78, 5) is 11.3. The molecule has 16 heavy (non-hydrogen) atoms. The number of carbonyl (C=O) groups excluding carboxylic acids is 1. The van der Waals surface area contributed by atoms with Crippen molar-refractivity contribution in [3.63, 3.8) is 0 Å². The van der Waals surface area contributed by atoms with E-state index in [1.165, 1.54) is 0 Å². The standard InChI is InChI=1S/C9H18NO2PS3/c1-4-12-8(11)7-10-9(13-14,15-5-2)16-6-3/h10H,4-7H2,1-3H3/p+1. The highest BCUT2D eigenvalue weighted by Gasteiger charge is 2.36. The summed E-state index contributed by atoms with van der Waals surface area (Å²) < 4.78 is 4.68. The molecule has 0 fully saturated rings. The zero-order valence-electron chi connectivity index (χ0n) is 9.87. The Hall–Kier alpha value is 0.650. The fraction of sp³-hybridized carbons (Fsp3) is 0.889. The number of hydrogen-bond acceptors (Lipinski definition) is 6. The lowest BCUT2D eigenvalue weighted by Gasteiger charge is -2.21. The van der Waals surface area contributed by atoms with E-state index in [0.717, 1.165) is 11.5 Å². The van der Waals surface area contributed by atoms with Crippen molar-refractivity contribution in [3.05, 3.63) is 0 Å². The molecule has 0 aliphatic carbocycles. The van der Waals surface area contributed by atoms with Crippen LogP contribution in [0.4, 0.5) is 0 Å². The molecule has 0 amide bonds. The molecule has 3 nitrogen and oxygen atoms in total. The van der Waals surface area contributed by atoms with E-state index in [2.05, 4.69) is 19.2 Å². The van der Waals surface area contributed by atoms with Gasteiger partial charge in [0.2, 0.25) is 7.36 Å². The predicted octanol–water partition coefficient (Wildman–Crippen LogP) is 2.40. The van der Waals surface area contributed by atoms with Gasteiger partial charge in [0.05, 0.1) is 13.2 Å². The van der Waals surface area contributed by atoms with Crippen LogP contribution in [0.1, 0.15) is 20.8 Å². The van der Waals surface area contributed by atoms with Gasteiger partial charge in [0.1, 0.15) is 0 Å². The van der Waals surface area contributed by atoms with Crippen LogP contribution < -0.4 is 5.32 Å². The second-order valence-corrected chi connectivity index (χ2v) is 8.25. The van der Waals surface area contributed by atoms with Crippen molar-refractivity contribution in [2.75, 3.05) is 24.7 Å². The monoisotopic (exact) mass is 300 g/mol. The summed E-state index contributed by atoms with van der Waals surface area (Å²) in [6, 6.07) is 0. The van der Waals surface area contributed by atoms with Crippen LogP contribution in [-0.2, 0) is 21.3 Å². The van der Waals surface area contributed by atoms with E-state index in [-0.39, 0.29) is 16.5 Å². The van der Waals surface area contributed by atoms with Crippen LogP contribution >= 0.6 is 30.9 Å². The maximum absolute atomic E-state index is 11.3. The number of hydrogen-bond donors (Lipinski definition) is 1. The van der Waals surface area contributed by atoms with Gasteiger partial charge in [-0.05, 0) is 18.4 Å². The van der Waals surface area contributed by atoms with Gasteiger partial charge >= 0.3 is 5.97 Å². The van der Waals surface area contributed by atoms with E-state index in [1.54, 1.807) is 23.5 Å². The molecule has 0 aromatic heterocycles. The summed E-state index contributed by atoms with van der Waals surface area (Å²) in [5.41, 5.74) is 0. The number of carbonyl (C=O) groups is 1. The van der Waals surface area contributed by atoms with Crippen molar-refractivity contribution >= 4 is 48.7 Å². The fourth-order valence-corrected chi connectivity index (χ4v) is 6.02. The van der Waals surface area contributed by atoms with Crippen LogP contribution in [0.25, 0.3) is 0 Å². The van der Waals surface area contributed by atoms with E-state index < -0.39 is 0 Å². The molecule has 7 heteroatoms. The molecular formula is C9H19NO2PS3+. The predicted molar refractivity (Wildman–Crippen MR) is 79.3 cm³/mol.